The van der Waals surface area contributed by atoms with Crippen LogP contribution in [0.3, 0.4) is 0 Å². The lowest BCUT2D eigenvalue weighted by atomic mass is 9.97. The number of benzene rings is 1. The number of halogens is 4. The highest BCUT2D eigenvalue weighted by molar-refractivity contribution is 5.94. The molecule has 2 atom stereocenters. The highest BCUT2D eigenvalue weighted by atomic mass is 19.4. The van der Waals surface area contributed by atoms with Crippen molar-refractivity contribution in [1.29, 1.82) is 0 Å². The summed E-state index contributed by atoms with van der Waals surface area (Å²) >= 11 is 0. The number of amides is 1. The number of aromatic nitrogens is 3. The highest BCUT2D eigenvalue weighted by Gasteiger charge is 2.37. The fourth-order valence-corrected chi connectivity index (χ4v) is 4.00. The van der Waals surface area contributed by atoms with Gasteiger partial charge in [-0.15, -0.1) is 0 Å². The summed E-state index contributed by atoms with van der Waals surface area (Å²) in [4.78, 5) is 19.0. The molecule has 0 spiro atoms. The van der Waals surface area contributed by atoms with Gasteiger partial charge < -0.3 is 4.90 Å². The molecule has 9 heteroatoms. The molecule has 1 aliphatic rings. The molecule has 0 bridgehead atoms. The van der Waals surface area contributed by atoms with Crippen LogP contribution in [0, 0.1) is 5.82 Å². The van der Waals surface area contributed by atoms with Crippen LogP contribution in [0.2, 0.25) is 0 Å². The highest BCUT2D eigenvalue weighted by Crippen LogP contribution is 2.33. The Morgan fingerprint density at radius 1 is 1.07 bits per heavy atom. The van der Waals surface area contributed by atoms with E-state index in [1.165, 1.54) is 18.2 Å². The van der Waals surface area contributed by atoms with Crippen molar-refractivity contribution in [3.8, 4) is 11.3 Å². The minimum atomic E-state index is -4.71. The lowest BCUT2D eigenvalue weighted by Gasteiger charge is -2.38. The zero-order chi connectivity index (χ0) is 21.6. The maximum Gasteiger partial charge on any atom is 0.433 e. The van der Waals surface area contributed by atoms with Crippen molar-refractivity contribution in [3.63, 3.8) is 0 Å². The fraction of sp³-hybridized carbons (Fsp3) is 0.381. The summed E-state index contributed by atoms with van der Waals surface area (Å²) in [6.07, 6.45) is -2.04. The van der Waals surface area contributed by atoms with Crippen molar-refractivity contribution < 1.29 is 22.4 Å². The SMILES string of the molecule is C[C@@H]1CCC[C@@H](C)N1C(=O)c1cc2nc(-c3ccc(F)cc3)cc(C(F)(F)F)n2n1. The normalized spacial score (nSPS) is 20.0. The van der Waals surface area contributed by atoms with Crippen molar-refractivity contribution in [2.45, 2.75) is 51.4 Å². The number of piperidine rings is 1. The van der Waals surface area contributed by atoms with Crippen molar-refractivity contribution >= 4 is 11.6 Å². The first-order valence-electron chi connectivity index (χ1n) is 9.72. The topological polar surface area (TPSA) is 50.5 Å². The Labute approximate surface area is 170 Å². The summed E-state index contributed by atoms with van der Waals surface area (Å²) in [6.45, 7) is 3.85. The molecule has 3 aromatic rings. The molecule has 0 N–H and O–H groups in total. The van der Waals surface area contributed by atoms with Crippen molar-refractivity contribution in [3.05, 3.63) is 53.6 Å². The third kappa shape index (κ3) is 3.64. The van der Waals surface area contributed by atoms with Gasteiger partial charge in [0.25, 0.3) is 5.91 Å². The second-order valence-corrected chi connectivity index (χ2v) is 7.67. The fourth-order valence-electron chi connectivity index (χ4n) is 4.00. The van der Waals surface area contributed by atoms with Crippen LogP contribution in [0.4, 0.5) is 17.6 Å². The zero-order valence-electron chi connectivity index (χ0n) is 16.4. The van der Waals surface area contributed by atoms with Crippen LogP contribution in [0.25, 0.3) is 16.9 Å². The van der Waals surface area contributed by atoms with E-state index in [1.807, 2.05) is 13.8 Å². The van der Waals surface area contributed by atoms with Gasteiger partial charge in [0.1, 0.15) is 5.82 Å². The number of fused-ring (bicyclic) bond motifs is 1. The van der Waals surface area contributed by atoms with E-state index in [1.54, 1.807) is 4.90 Å². The second-order valence-electron chi connectivity index (χ2n) is 7.67. The molecule has 1 aliphatic heterocycles. The molecule has 4 rings (SSSR count). The Bertz CT molecular complexity index is 1080. The van der Waals surface area contributed by atoms with E-state index < -0.39 is 23.6 Å². The summed E-state index contributed by atoms with van der Waals surface area (Å²) in [5.41, 5.74) is -0.870. The number of nitrogens with zero attached hydrogens (tertiary/aromatic N) is 4. The van der Waals surface area contributed by atoms with Gasteiger partial charge in [-0.2, -0.15) is 18.3 Å². The molecule has 5 nitrogen and oxygen atoms in total. The summed E-state index contributed by atoms with van der Waals surface area (Å²) in [5.74, 6) is -0.908. The molecule has 0 aliphatic carbocycles. The number of hydrogen-bond donors (Lipinski definition) is 0. The largest absolute Gasteiger partial charge is 0.433 e. The number of alkyl halides is 3. The second kappa shape index (κ2) is 7.37. The number of carbonyl (C=O) groups is 1. The number of rotatable bonds is 2. The van der Waals surface area contributed by atoms with Crippen LogP contribution in [0.1, 0.15) is 49.3 Å². The summed E-state index contributed by atoms with van der Waals surface area (Å²) in [7, 11) is 0. The van der Waals surface area contributed by atoms with E-state index in [4.69, 9.17) is 0 Å². The van der Waals surface area contributed by atoms with Crippen molar-refractivity contribution in [2.24, 2.45) is 0 Å². The minimum absolute atomic E-state index is 0.0177. The third-order valence-electron chi connectivity index (χ3n) is 5.50. The van der Waals surface area contributed by atoms with Crippen molar-refractivity contribution in [1.82, 2.24) is 19.5 Å². The number of hydrogen-bond acceptors (Lipinski definition) is 3. The first-order chi connectivity index (χ1) is 14.1. The molecule has 0 saturated carbocycles. The quantitative estimate of drug-likeness (QED) is 0.551. The summed E-state index contributed by atoms with van der Waals surface area (Å²) in [5, 5.41) is 3.95. The first-order valence-corrected chi connectivity index (χ1v) is 9.72. The smallest absolute Gasteiger partial charge is 0.332 e. The van der Waals surface area contributed by atoms with E-state index in [-0.39, 0.29) is 29.1 Å². The molecular formula is C21H20F4N4O. The molecule has 2 aromatic heterocycles. The Morgan fingerprint density at radius 2 is 1.70 bits per heavy atom. The van der Waals surface area contributed by atoms with Crippen LogP contribution in [0.15, 0.2) is 36.4 Å². The Hall–Kier alpha value is -2.97. The lowest BCUT2D eigenvalue weighted by molar-refractivity contribution is -0.142. The van der Waals surface area contributed by atoms with Gasteiger partial charge in [0.2, 0.25) is 0 Å². The van der Waals surface area contributed by atoms with Crippen LogP contribution in [0.5, 0.6) is 0 Å². The summed E-state index contributed by atoms with van der Waals surface area (Å²) in [6, 6.07) is 7.11. The average Bonchev–Trinajstić information content (AvgIpc) is 3.11. The maximum atomic E-state index is 13.7. The Kier molecular flexibility index (Phi) is 4.99. The molecule has 30 heavy (non-hydrogen) atoms. The van der Waals surface area contributed by atoms with Gasteiger partial charge in [-0.25, -0.2) is 13.9 Å². The molecule has 1 amide bonds. The van der Waals surface area contributed by atoms with Crippen LogP contribution in [-0.2, 0) is 6.18 Å². The standard InChI is InChI=1S/C21H20F4N4O/c1-12-4-3-5-13(2)28(12)20(30)17-11-19-26-16(14-6-8-15(22)9-7-14)10-18(21(23,24)25)29(19)27-17/h6-13H,3-5H2,1-2H3/t12-,13-/m1/s1. The van der Waals surface area contributed by atoms with Gasteiger partial charge in [0.05, 0.1) is 5.69 Å². The Morgan fingerprint density at radius 3 is 2.30 bits per heavy atom. The average molecular weight is 420 g/mol. The molecule has 3 heterocycles. The molecular weight excluding hydrogens is 400 g/mol. The van der Waals surface area contributed by atoms with Gasteiger partial charge in [-0.05, 0) is 63.4 Å². The van der Waals surface area contributed by atoms with Gasteiger partial charge >= 0.3 is 6.18 Å². The summed E-state index contributed by atoms with van der Waals surface area (Å²) < 4.78 is 55.0. The molecule has 0 radical (unpaired) electrons. The number of likely N-dealkylation sites (tertiary alicyclic amines) is 1. The van der Waals surface area contributed by atoms with Gasteiger partial charge in [-0.3, -0.25) is 4.79 Å². The third-order valence-corrected chi connectivity index (χ3v) is 5.50. The predicted octanol–water partition coefficient (Wildman–Crippen LogP) is 4.96. The van der Waals surface area contributed by atoms with Crippen LogP contribution < -0.4 is 0 Å². The minimum Gasteiger partial charge on any atom is -0.332 e. The van der Waals surface area contributed by atoms with E-state index in [0.717, 1.165) is 37.5 Å². The predicted molar refractivity (Wildman–Crippen MR) is 102 cm³/mol. The monoisotopic (exact) mass is 420 g/mol. The van der Waals surface area contributed by atoms with E-state index >= 15 is 0 Å². The zero-order valence-corrected chi connectivity index (χ0v) is 16.4. The lowest BCUT2D eigenvalue weighted by Crippen LogP contribution is -2.47. The van der Waals surface area contributed by atoms with Crippen LogP contribution in [-0.4, -0.2) is 37.5 Å². The molecule has 1 saturated heterocycles. The van der Waals surface area contributed by atoms with Gasteiger partial charge in [-0.1, -0.05) is 0 Å². The van der Waals surface area contributed by atoms with E-state index in [9.17, 15) is 22.4 Å². The molecule has 158 valence electrons. The maximum absolute atomic E-state index is 13.7. The molecule has 1 aromatic carbocycles. The van der Waals surface area contributed by atoms with Crippen molar-refractivity contribution in [2.75, 3.05) is 0 Å². The molecule has 1 fully saturated rings. The first kappa shape index (κ1) is 20.3. The number of carbonyl (C=O) groups excluding carboxylic acids is 1. The van der Waals surface area contributed by atoms with Gasteiger partial charge in [0.15, 0.2) is 17.0 Å². The Balaban J connectivity index is 1.83. The molecule has 0 unspecified atom stereocenters. The van der Waals surface area contributed by atoms with Crippen LogP contribution >= 0.6 is 0 Å². The van der Waals surface area contributed by atoms with E-state index in [0.29, 0.717) is 10.1 Å². The van der Waals surface area contributed by atoms with E-state index in [2.05, 4.69) is 10.1 Å². The van der Waals surface area contributed by atoms with Gasteiger partial charge in [0, 0.05) is 23.7 Å².